The van der Waals surface area contributed by atoms with Gasteiger partial charge >= 0.3 is 0 Å². The van der Waals surface area contributed by atoms with Crippen LogP contribution >= 0.6 is 0 Å². The maximum absolute atomic E-state index is 12.3. The standard InChI is InChI=1S/C23H23N5O2/c1-16-3-7-18(8-4-16)26-21(29)11-12-25-23-22(17-5-9-19(30-2)10-6-17)27-20-15-24-13-14-28(20)23/h3-10,13-15,25H,11-12H2,1-2H3,(H,26,29). The Morgan fingerprint density at radius 3 is 2.60 bits per heavy atom. The number of hydrogen-bond acceptors (Lipinski definition) is 5. The molecule has 7 nitrogen and oxygen atoms in total. The van der Waals surface area contributed by atoms with Crippen LogP contribution in [0.15, 0.2) is 67.1 Å². The van der Waals surface area contributed by atoms with Crippen LogP contribution in [0.5, 0.6) is 5.75 Å². The molecule has 0 bridgehead atoms. The lowest BCUT2D eigenvalue weighted by Crippen LogP contribution is -2.17. The molecule has 2 heterocycles. The smallest absolute Gasteiger partial charge is 0.226 e. The summed E-state index contributed by atoms with van der Waals surface area (Å²) in [6, 6.07) is 15.5. The van der Waals surface area contributed by atoms with Crippen LogP contribution in [0, 0.1) is 6.92 Å². The van der Waals surface area contributed by atoms with Crippen LogP contribution in [0.25, 0.3) is 16.9 Å². The zero-order chi connectivity index (χ0) is 20.9. The van der Waals surface area contributed by atoms with Gasteiger partial charge in [0, 0.05) is 36.6 Å². The Kier molecular flexibility index (Phi) is 5.61. The molecule has 4 rings (SSSR count). The summed E-state index contributed by atoms with van der Waals surface area (Å²) in [5.41, 5.74) is 4.43. The molecule has 0 saturated carbocycles. The Bertz CT molecular complexity index is 1150. The number of hydrogen-bond donors (Lipinski definition) is 2. The van der Waals surface area contributed by atoms with E-state index in [0.29, 0.717) is 13.0 Å². The molecule has 0 aliphatic rings. The highest BCUT2D eigenvalue weighted by atomic mass is 16.5. The van der Waals surface area contributed by atoms with Crippen LogP contribution in [-0.2, 0) is 4.79 Å². The summed E-state index contributed by atoms with van der Waals surface area (Å²) < 4.78 is 7.18. The van der Waals surface area contributed by atoms with Crippen LogP contribution in [0.2, 0.25) is 0 Å². The van der Waals surface area contributed by atoms with Crippen LogP contribution in [0.4, 0.5) is 11.5 Å². The molecule has 152 valence electrons. The average molecular weight is 401 g/mol. The number of anilines is 2. The first-order valence-corrected chi connectivity index (χ1v) is 9.71. The molecule has 30 heavy (non-hydrogen) atoms. The molecule has 0 fully saturated rings. The fourth-order valence-electron chi connectivity index (χ4n) is 3.18. The summed E-state index contributed by atoms with van der Waals surface area (Å²) in [7, 11) is 1.64. The average Bonchev–Trinajstić information content (AvgIpc) is 3.14. The number of carbonyl (C=O) groups excluding carboxylic acids is 1. The van der Waals surface area contributed by atoms with Gasteiger partial charge in [0.25, 0.3) is 0 Å². The minimum Gasteiger partial charge on any atom is -0.497 e. The van der Waals surface area contributed by atoms with Crippen molar-refractivity contribution in [2.75, 3.05) is 24.3 Å². The second-order valence-corrected chi connectivity index (χ2v) is 6.93. The molecule has 0 unspecified atom stereocenters. The largest absolute Gasteiger partial charge is 0.497 e. The molecule has 0 aliphatic carbocycles. The number of nitrogens with one attached hydrogen (secondary N) is 2. The molecule has 0 aliphatic heterocycles. The van der Waals surface area contributed by atoms with Gasteiger partial charge in [-0.2, -0.15) is 0 Å². The van der Waals surface area contributed by atoms with Crippen LogP contribution in [-0.4, -0.2) is 33.9 Å². The zero-order valence-corrected chi connectivity index (χ0v) is 16.9. The number of ether oxygens (including phenoxy) is 1. The van der Waals surface area contributed by atoms with E-state index in [1.807, 2.05) is 66.1 Å². The molecule has 0 saturated heterocycles. The molecule has 4 aromatic rings. The predicted octanol–water partition coefficient (Wildman–Crippen LogP) is 4.15. The van der Waals surface area contributed by atoms with Crippen molar-refractivity contribution in [3.05, 3.63) is 72.7 Å². The van der Waals surface area contributed by atoms with Crippen LogP contribution in [0.3, 0.4) is 0 Å². The van der Waals surface area contributed by atoms with E-state index in [1.54, 1.807) is 19.5 Å². The minimum absolute atomic E-state index is 0.0483. The number of nitrogens with zero attached hydrogens (tertiary/aromatic N) is 3. The second-order valence-electron chi connectivity index (χ2n) is 6.93. The maximum atomic E-state index is 12.3. The third kappa shape index (κ3) is 4.25. The third-order valence-electron chi connectivity index (χ3n) is 4.77. The van der Waals surface area contributed by atoms with Crippen LogP contribution < -0.4 is 15.4 Å². The van der Waals surface area contributed by atoms with Gasteiger partial charge in [-0.3, -0.25) is 14.2 Å². The van der Waals surface area contributed by atoms with E-state index in [2.05, 4.69) is 15.6 Å². The van der Waals surface area contributed by atoms with Gasteiger partial charge in [0.15, 0.2) is 5.65 Å². The quantitative estimate of drug-likeness (QED) is 0.486. The SMILES string of the molecule is COc1ccc(-c2nc3cnccn3c2NCCC(=O)Nc2ccc(C)cc2)cc1. The highest BCUT2D eigenvalue weighted by Crippen LogP contribution is 2.29. The first kappa shape index (κ1) is 19.4. The highest BCUT2D eigenvalue weighted by Gasteiger charge is 2.14. The van der Waals surface area contributed by atoms with E-state index in [4.69, 9.17) is 9.72 Å². The normalized spacial score (nSPS) is 10.7. The van der Waals surface area contributed by atoms with Crippen molar-refractivity contribution in [1.82, 2.24) is 14.4 Å². The van der Waals surface area contributed by atoms with Gasteiger partial charge in [0.2, 0.25) is 5.91 Å². The molecular weight excluding hydrogens is 378 g/mol. The van der Waals surface area contributed by atoms with E-state index in [9.17, 15) is 4.79 Å². The van der Waals surface area contributed by atoms with Crippen molar-refractivity contribution in [3.8, 4) is 17.0 Å². The Morgan fingerprint density at radius 1 is 1.10 bits per heavy atom. The Labute approximate surface area is 174 Å². The predicted molar refractivity (Wildman–Crippen MR) is 118 cm³/mol. The fraction of sp³-hybridized carbons (Fsp3) is 0.174. The Hall–Kier alpha value is -3.87. The maximum Gasteiger partial charge on any atom is 0.226 e. The molecule has 0 atom stereocenters. The minimum atomic E-state index is -0.0483. The molecule has 2 aromatic carbocycles. The summed E-state index contributed by atoms with van der Waals surface area (Å²) >= 11 is 0. The van der Waals surface area contributed by atoms with Crippen LogP contribution in [0.1, 0.15) is 12.0 Å². The van der Waals surface area contributed by atoms with Crippen molar-refractivity contribution in [2.45, 2.75) is 13.3 Å². The summed E-state index contributed by atoms with van der Waals surface area (Å²) in [5.74, 6) is 1.56. The lowest BCUT2D eigenvalue weighted by Gasteiger charge is -2.10. The first-order chi connectivity index (χ1) is 14.6. The number of aromatic nitrogens is 3. The van der Waals surface area contributed by atoms with E-state index in [0.717, 1.165) is 39.7 Å². The monoisotopic (exact) mass is 401 g/mol. The van der Waals surface area contributed by atoms with Crippen molar-refractivity contribution in [1.29, 1.82) is 0 Å². The van der Waals surface area contributed by atoms with E-state index < -0.39 is 0 Å². The number of fused-ring (bicyclic) bond motifs is 1. The van der Waals surface area contributed by atoms with Gasteiger partial charge in [-0.15, -0.1) is 0 Å². The third-order valence-corrected chi connectivity index (χ3v) is 4.77. The number of aryl methyl sites for hydroxylation is 1. The Balaban J connectivity index is 1.50. The van der Waals surface area contributed by atoms with Gasteiger partial charge < -0.3 is 15.4 Å². The van der Waals surface area contributed by atoms with E-state index in [-0.39, 0.29) is 5.91 Å². The summed E-state index contributed by atoms with van der Waals surface area (Å²) in [6.07, 6.45) is 5.60. The molecular formula is C23H23N5O2. The molecule has 0 radical (unpaired) electrons. The van der Waals surface area contributed by atoms with Gasteiger partial charge in [0.05, 0.1) is 13.3 Å². The molecule has 1 amide bonds. The lowest BCUT2D eigenvalue weighted by molar-refractivity contribution is -0.115. The molecule has 0 spiro atoms. The van der Waals surface area contributed by atoms with Gasteiger partial charge in [-0.1, -0.05) is 17.7 Å². The summed E-state index contributed by atoms with van der Waals surface area (Å²) in [6.45, 7) is 2.48. The van der Waals surface area contributed by atoms with E-state index >= 15 is 0 Å². The van der Waals surface area contributed by atoms with Gasteiger partial charge in [0.1, 0.15) is 17.3 Å². The number of imidazole rings is 1. The lowest BCUT2D eigenvalue weighted by atomic mass is 10.1. The number of rotatable bonds is 7. The molecule has 2 N–H and O–H groups in total. The topological polar surface area (TPSA) is 80.6 Å². The molecule has 2 aromatic heterocycles. The zero-order valence-electron chi connectivity index (χ0n) is 16.9. The summed E-state index contributed by atoms with van der Waals surface area (Å²) in [5, 5.41) is 6.29. The first-order valence-electron chi connectivity index (χ1n) is 9.71. The number of methoxy groups -OCH3 is 1. The van der Waals surface area contributed by atoms with Gasteiger partial charge in [-0.25, -0.2) is 4.98 Å². The summed E-state index contributed by atoms with van der Waals surface area (Å²) in [4.78, 5) is 21.2. The Morgan fingerprint density at radius 2 is 1.87 bits per heavy atom. The molecule has 7 heteroatoms. The van der Waals surface area contributed by atoms with Crippen molar-refractivity contribution in [3.63, 3.8) is 0 Å². The number of carbonyl (C=O) groups is 1. The van der Waals surface area contributed by atoms with Crippen molar-refractivity contribution >= 4 is 23.1 Å². The highest BCUT2D eigenvalue weighted by molar-refractivity contribution is 5.91. The van der Waals surface area contributed by atoms with Crippen molar-refractivity contribution < 1.29 is 9.53 Å². The number of amides is 1. The van der Waals surface area contributed by atoms with E-state index in [1.165, 1.54) is 0 Å². The second kappa shape index (κ2) is 8.65. The fourth-order valence-corrected chi connectivity index (χ4v) is 3.18. The van der Waals surface area contributed by atoms with Crippen molar-refractivity contribution in [2.24, 2.45) is 0 Å². The number of benzene rings is 2. The van der Waals surface area contributed by atoms with Gasteiger partial charge in [-0.05, 0) is 43.3 Å².